The second-order valence-corrected chi connectivity index (χ2v) is 5.56. The Kier molecular flexibility index (Phi) is 6.57. The van der Waals surface area contributed by atoms with Crippen LogP contribution >= 0.6 is 0 Å². The Morgan fingerprint density at radius 1 is 1.08 bits per heavy atom. The molecule has 2 aromatic carbocycles. The molecule has 1 amide bonds. The van der Waals surface area contributed by atoms with Gasteiger partial charge in [0.05, 0.1) is 19.3 Å². The van der Waals surface area contributed by atoms with Gasteiger partial charge in [0.25, 0.3) is 0 Å². The summed E-state index contributed by atoms with van der Waals surface area (Å²) in [6, 6.07) is 12.9. The molecule has 0 radical (unpaired) electrons. The molecular weight excluding hydrogens is 318 g/mol. The van der Waals surface area contributed by atoms with E-state index in [0.29, 0.717) is 36.3 Å². The van der Waals surface area contributed by atoms with E-state index in [1.54, 1.807) is 25.1 Å². The number of methoxy groups -OCH3 is 1. The monoisotopic (exact) mass is 341 g/mol. The first kappa shape index (κ1) is 18.5. The van der Waals surface area contributed by atoms with Crippen molar-refractivity contribution in [1.29, 1.82) is 0 Å². The van der Waals surface area contributed by atoms with Crippen LogP contribution in [0.4, 0.5) is 5.69 Å². The van der Waals surface area contributed by atoms with Gasteiger partial charge in [0.15, 0.2) is 0 Å². The van der Waals surface area contributed by atoms with Crippen molar-refractivity contribution >= 4 is 17.6 Å². The third-order valence-electron chi connectivity index (χ3n) is 3.91. The Morgan fingerprint density at radius 2 is 1.84 bits per heavy atom. The lowest BCUT2D eigenvalue weighted by molar-refractivity contribution is -0.116. The predicted octanol–water partition coefficient (Wildman–Crippen LogP) is 3.75. The number of rotatable bonds is 7. The van der Waals surface area contributed by atoms with Gasteiger partial charge in [-0.25, -0.2) is 4.79 Å². The maximum atomic E-state index is 12.3. The SMILES string of the molecule is CCOc1ccccc1CCC(=O)Nc1cccc(C(=O)OC)c1C. The zero-order chi connectivity index (χ0) is 18.2. The zero-order valence-corrected chi connectivity index (χ0v) is 14.8. The van der Waals surface area contributed by atoms with Gasteiger partial charge in [0, 0.05) is 12.1 Å². The molecule has 1 N–H and O–H groups in total. The Bertz CT molecular complexity index is 755. The van der Waals surface area contributed by atoms with E-state index in [2.05, 4.69) is 5.32 Å². The number of hydrogen-bond acceptors (Lipinski definition) is 4. The van der Waals surface area contributed by atoms with Crippen LogP contribution in [0.1, 0.15) is 34.8 Å². The molecule has 0 heterocycles. The summed E-state index contributed by atoms with van der Waals surface area (Å²) in [5.74, 6) is 0.275. The standard InChI is InChI=1S/C20H23NO4/c1-4-25-18-11-6-5-8-15(18)12-13-19(22)21-17-10-7-9-16(14(17)2)20(23)24-3/h5-11H,4,12-13H2,1-3H3,(H,21,22). The number of anilines is 1. The summed E-state index contributed by atoms with van der Waals surface area (Å²) in [5, 5.41) is 2.86. The summed E-state index contributed by atoms with van der Waals surface area (Å²) < 4.78 is 10.3. The number of para-hydroxylation sites is 1. The van der Waals surface area contributed by atoms with Gasteiger partial charge in [-0.3, -0.25) is 4.79 Å². The second kappa shape index (κ2) is 8.87. The van der Waals surface area contributed by atoms with Crippen LogP contribution in [0.15, 0.2) is 42.5 Å². The minimum Gasteiger partial charge on any atom is -0.494 e. The first-order valence-electron chi connectivity index (χ1n) is 8.25. The third kappa shape index (κ3) is 4.83. The Hall–Kier alpha value is -2.82. The minimum atomic E-state index is -0.417. The fourth-order valence-electron chi connectivity index (χ4n) is 2.57. The molecule has 0 atom stereocenters. The number of amides is 1. The van der Waals surface area contributed by atoms with Gasteiger partial charge >= 0.3 is 5.97 Å². The van der Waals surface area contributed by atoms with E-state index >= 15 is 0 Å². The summed E-state index contributed by atoms with van der Waals surface area (Å²) in [6.45, 7) is 4.30. The van der Waals surface area contributed by atoms with Crippen LogP contribution in [0.3, 0.4) is 0 Å². The molecule has 0 aliphatic heterocycles. The number of benzene rings is 2. The van der Waals surface area contributed by atoms with Crippen LogP contribution in [-0.4, -0.2) is 25.6 Å². The number of nitrogens with one attached hydrogen (secondary N) is 1. The molecule has 0 aliphatic rings. The number of esters is 1. The number of carbonyl (C=O) groups is 2. The van der Waals surface area contributed by atoms with E-state index in [-0.39, 0.29) is 5.91 Å². The molecule has 0 fully saturated rings. The van der Waals surface area contributed by atoms with Crippen LogP contribution in [0.5, 0.6) is 5.75 Å². The molecule has 0 aliphatic carbocycles. The molecule has 2 rings (SSSR count). The Morgan fingerprint density at radius 3 is 2.56 bits per heavy atom. The molecule has 0 unspecified atom stereocenters. The van der Waals surface area contributed by atoms with Crippen molar-refractivity contribution < 1.29 is 19.1 Å². The smallest absolute Gasteiger partial charge is 0.338 e. The van der Waals surface area contributed by atoms with Gasteiger partial charge in [0.2, 0.25) is 5.91 Å². The summed E-state index contributed by atoms with van der Waals surface area (Å²) >= 11 is 0. The molecule has 0 spiro atoms. The molecule has 132 valence electrons. The van der Waals surface area contributed by atoms with Crippen molar-refractivity contribution in [2.45, 2.75) is 26.7 Å². The van der Waals surface area contributed by atoms with Crippen LogP contribution in [0, 0.1) is 6.92 Å². The highest BCUT2D eigenvalue weighted by Gasteiger charge is 2.13. The van der Waals surface area contributed by atoms with Crippen LogP contribution < -0.4 is 10.1 Å². The van der Waals surface area contributed by atoms with E-state index in [4.69, 9.17) is 9.47 Å². The second-order valence-electron chi connectivity index (χ2n) is 5.56. The molecule has 2 aromatic rings. The first-order valence-corrected chi connectivity index (χ1v) is 8.25. The van der Waals surface area contributed by atoms with Crippen LogP contribution in [0.2, 0.25) is 0 Å². The van der Waals surface area contributed by atoms with Crippen molar-refractivity contribution in [1.82, 2.24) is 0 Å². The maximum Gasteiger partial charge on any atom is 0.338 e. The average molecular weight is 341 g/mol. The summed E-state index contributed by atoms with van der Waals surface area (Å²) in [6.07, 6.45) is 0.906. The maximum absolute atomic E-state index is 12.3. The minimum absolute atomic E-state index is 0.114. The Balaban J connectivity index is 2.03. The molecule has 25 heavy (non-hydrogen) atoms. The predicted molar refractivity (Wildman–Crippen MR) is 97.1 cm³/mol. The van der Waals surface area contributed by atoms with Crippen molar-refractivity contribution in [3.05, 3.63) is 59.2 Å². The topological polar surface area (TPSA) is 64.6 Å². The van der Waals surface area contributed by atoms with Crippen LogP contribution in [0.25, 0.3) is 0 Å². The van der Waals surface area contributed by atoms with Crippen LogP contribution in [-0.2, 0) is 16.0 Å². The summed E-state index contributed by atoms with van der Waals surface area (Å²) in [5.41, 5.74) is 2.75. The van der Waals surface area contributed by atoms with Gasteiger partial charge in [-0.15, -0.1) is 0 Å². The molecule has 5 nitrogen and oxygen atoms in total. The fourth-order valence-corrected chi connectivity index (χ4v) is 2.57. The largest absolute Gasteiger partial charge is 0.494 e. The molecule has 0 bridgehead atoms. The van der Waals surface area contributed by atoms with E-state index in [1.807, 2.05) is 31.2 Å². The van der Waals surface area contributed by atoms with Crippen molar-refractivity contribution in [2.75, 3.05) is 19.0 Å². The molecule has 5 heteroatoms. The average Bonchev–Trinajstić information content (AvgIpc) is 2.62. The molecule has 0 saturated heterocycles. The molecule has 0 saturated carbocycles. The van der Waals surface area contributed by atoms with Gasteiger partial charge in [-0.2, -0.15) is 0 Å². The number of carbonyl (C=O) groups excluding carboxylic acids is 2. The van der Waals surface area contributed by atoms with Crippen molar-refractivity contribution in [2.24, 2.45) is 0 Å². The lowest BCUT2D eigenvalue weighted by atomic mass is 10.1. The lowest BCUT2D eigenvalue weighted by Gasteiger charge is -2.12. The third-order valence-corrected chi connectivity index (χ3v) is 3.91. The van der Waals surface area contributed by atoms with E-state index < -0.39 is 5.97 Å². The number of ether oxygens (including phenoxy) is 2. The highest BCUT2D eigenvalue weighted by Crippen LogP contribution is 2.22. The number of hydrogen-bond donors (Lipinski definition) is 1. The van der Waals surface area contributed by atoms with E-state index in [1.165, 1.54) is 7.11 Å². The summed E-state index contributed by atoms with van der Waals surface area (Å²) in [7, 11) is 1.34. The molecule has 0 aromatic heterocycles. The number of aryl methyl sites for hydroxylation is 1. The quantitative estimate of drug-likeness (QED) is 0.779. The van der Waals surface area contributed by atoms with Gasteiger partial charge in [0.1, 0.15) is 5.75 Å². The van der Waals surface area contributed by atoms with Gasteiger partial charge in [-0.05, 0) is 49.6 Å². The Labute approximate surface area is 148 Å². The molecular formula is C20H23NO4. The van der Waals surface area contributed by atoms with Gasteiger partial charge < -0.3 is 14.8 Å². The first-order chi connectivity index (χ1) is 12.1. The highest BCUT2D eigenvalue weighted by atomic mass is 16.5. The zero-order valence-electron chi connectivity index (χ0n) is 14.8. The normalized spacial score (nSPS) is 10.2. The van der Waals surface area contributed by atoms with E-state index in [9.17, 15) is 9.59 Å². The lowest BCUT2D eigenvalue weighted by Crippen LogP contribution is -2.15. The summed E-state index contributed by atoms with van der Waals surface area (Å²) in [4.78, 5) is 24.0. The van der Waals surface area contributed by atoms with Crippen molar-refractivity contribution in [3.63, 3.8) is 0 Å². The fraction of sp³-hybridized carbons (Fsp3) is 0.300. The van der Waals surface area contributed by atoms with Gasteiger partial charge in [-0.1, -0.05) is 24.3 Å². The van der Waals surface area contributed by atoms with Crippen molar-refractivity contribution in [3.8, 4) is 5.75 Å². The van der Waals surface area contributed by atoms with E-state index in [0.717, 1.165) is 11.3 Å². The highest BCUT2D eigenvalue weighted by molar-refractivity contribution is 5.96.